The summed E-state index contributed by atoms with van der Waals surface area (Å²) in [7, 11) is 1.63. The van der Waals surface area contributed by atoms with Crippen molar-refractivity contribution in [1.82, 2.24) is 4.90 Å². The minimum atomic E-state index is -0.582. The molecule has 5 heteroatoms. The van der Waals surface area contributed by atoms with Gasteiger partial charge in [-0.15, -0.1) is 0 Å². The lowest BCUT2D eigenvalue weighted by Gasteiger charge is -2.38. The molecule has 1 aromatic carbocycles. The highest BCUT2D eigenvalue weighted by Crippen LogP contribution is 2.24. The molecule has 1 fully saturated rings. The summed E-state index contributed by atoms with van der Waals surface area (Å²) >= 11 is 0. The van der Waals surface area contributed by atoms with Gasteiger partial charge >= 0.3 is 0 Å². The number of aliphatic hydroxyl groups is 1. The van der Waals surface area contributed by atoms with Crippen LogP contribution >= 0.6 is 0 Å². The molecule has 1 heterocycles. The van der Waals surface area contributed by atoms with E-state index in [1.54, 1.807) is 7.11 Å². The number of hydrogen-bond acceptors (Lipinski definition) is 4. The molecule has 0 radical (unpaired) electrons. The Morgan fingerprint density at radius 1 is 1.48 bits per heavy atom. The predicted molar refractivity (Wildman–Crippen MR) is 91.9 cm³/mol. The molecule has 1 saturated heterocycles. The highest BCUT2D eigenvalue weighted by molar-refractivity contribution is 5.91. The van der Waals surface area contributed by atoms with Gasteiger partial charge in [0.1, 0.15) is 5.75 Å². The molecule has 1 aliphatic heterocycles. The molecule has 0 aromatic heterocycles. The van der Waals surface area contributed by atoms with Gasteiger partial charge in [-0.1, -0.05) is 6.92 Å². The Bertz CT molecular complexity index is 547. The van der Waals surface area contributed by atoms with Gasteiger partial charge in [-0.3, -0.25) is 9.69 Å². The zero-order chi connectivity index (χ0) is 16.9. The van der Waals surface area contributed by atoms with Crippen molar-refractivity contribution in [3.63, 3.8) is 0 Å². The standard InChI is InChI=1S/C18H28N2O3/c1-4-18(22)9-5-10-20(13-18)11-8-17(21)19-16-7-6-15(23-3)12-14(16)2/h6-7,12,22H,4-5,8-11,13H2,1-3H3,(H,19,21). The number of carbonyl (C=O) groups is 1. The van der Waals surface area contributed by atoms with Gasteiger partial charge in [-0.25, -0.2) is 0 Å². The number of amides is 1. The molecular weight excluding hydrogens is 292 g/mol. The maximum absolute atomic E-state index is 12.2. The van der Waals surface area contributed by atoms with E-state index < -0.39 is 5.60 Å². The summed E-state index contributed by atoms with van der Waals surface area (Å²) < 4.78 is 5.17. The van der Waals surface area contributed by atoms with E-state index in [9.17, 15) is 9.90 Å². The summed E-state index contributed by atoms with van der Waals surface area (Å²) in [6.45, 7) is 6.27. The zero-order valence-electron chi connectivity index (χ0n) is 14.4. The lowest BCUT2D eigenvalue weighted by Crippen LogP contribution is -2.48. The molecule has 1 unspecified atom stereocenters. The average molecular weight is 320 g/mol. The zero-order valence-corrected chi connectivity index (χ0v) is 14.4. The third-order valence-corrected chi connectivity index (χ3v) is 4.66. The van der Waals surface area contributed by atoms with Crippen molar-refractivity contribution in [2.75, 3.05) is 32.1 Å². The van der Waals surface area contributed by atoms with Gasteiger partial charge in [0.15, 0.2) is 0 Å². The molecule has 1 amide bonds. The molecule has 128 valence electrons. The largest absolute Gasteiger partial charge is 0.497 e. The highest BCUT2D eigenvalue weighted by atomic mass is 16.5. The van der Waals surface area contributed by atoms with Crippen molar-refractivity contribution < 1.29 is 14.6 Å². The third-order valence-electron chi connectivity index (χ3n) is 4.66. The van der Waals surface area contributed by atoms with Gasteiger partial charge in [-0.05, 0) is 56.5 Å². The van der Waals surface area contributed by atoms with Crippen LogP contribution in [0.1, 0.15) is 38.2 Å². The lowest BCUT2D eigenvalue weighted by atomic mass is 9.90. The molecule has 1 aliphatic rings. The molecule has 0 aliphatic carbocycles. The van der Waals surface area contributed by atoms with Crippen LogP contribution in [0.5, 0.6) is 5.75 Å². The Balaban J connectivity index is 1.83. The van der Waals surface area contributed by atoms with Crippen LogP contribution in [0.2, 0.25) is 0 Å². The first-order chi connectivity index (χ1) is 11.0. The summed E-state index contributed by atoms with van der Waals surface area (Å²) in [6.07, 6.45) is 3.05. The number of anilines is 1. The molecule has 5 nitrogen and oxygen atoms in total. The second-order valence-corrected chi connectivity index (χ2v) is 6.44. The first-order valence-corrected chi connectivity index (χ1v) is 8.35. The number of rotatable bonds is 6. The van der Waals surface area contributed by atoms with Crippen molar-refractivity contribution in [1.29, 1.82) is 0 Å². The number of aryl methyl sites for hydroxylation is 1. The lowest BCUT2D eigenvalue weighted by molar-refractivity contribution is -0.117. The Morgan fingerprint density at radius 2 is 2.26 bits per heavy atom. The van der Waals surface area contributed by atoms with E-state index in [4.69, 9.17) is 4.74 Å². The smallest absolute Gasteiger partial charge is 0.225 e. The summed E-state index contributed by atoms with van der Waals surface area (Å²) in [4.78, 5) is 14.3. The average Bonchev–Trinajstić information content (AvgIpc) is 2.55. The third kappa shape index (κ3) is 4.94. The van der Waals surface area contributed by atoms with Crippen LogP contribution in [0, 0.1) is 6.92 Å². The monoisotopic (exact) mass is 320 g/mol. The number of likely N-dealkylation sites (tertiary alicyclic amines) is 1. The van der Waals surface area contributed by atoms with Gasteiger partial charge in [0, 0.05) is 25.2 Å². The van der Waals surface area contributed by atoms with Crippen LogP contribution in [0.25, 0.3) is 0 Å². The van der Waals surface area contributed by atoms with E-state index in [0.29, 0.717) is 19.5 Å². The van der Waals surface area contributed by atoms with Gasteiger partial charge in [0.05, 0.1) is 12.7 Å². The fraction of sp³-hybridized carbons (Fsp3) is 0.611. The summed E-state index contributed by atoms with van der Waals surface area (Å²) in [5, 5.41) is 13.3. The van der Waals surface area contributed by atoms with Crippen molar-refractivity contribution in [2.24, 2.45) is 0 Å². The van der Waals surface area contributed by atoms with E-state index in [0.717, 1.165) is 42.8 Å². The molecule has 2 N–H and O–H groups in total. The number of ether oxygens (including phenoxy) is 1. The first kappa shape index (κ1) is 17.8. The minimum Gasteiger partial charge on any atom is -0.497 e. The van der Waals surface area contributed by atoms with Crippen molar-refractivity contribution >= 4 is 11.6 Å². The van der Waals surface area contributed by atoms with Crippen LogP contribution in [0.3, 0.4) is 0 Å². The molecule has 0 spiro atoms. The van der Waals surface area contributed by atoms with Crippen molar-refractivity contribution in [3.05, 3.63) is 23.8 Å². The Hall–Kier alpha value is -1.59. The SMILES string of the molecule is CCC1(O)CCCN(CCC(=O)Nc2ccc(OC)cc2C)C1. The molecular formula is C18H28N2O3. The van der Waals surface area contributed by atoms with Crippen LogP contribution in [-0.4, -0.2) is 48.3 Å². The molecule has 1 atom stereocenters. The van der Waals surface area contributed by atoms with Gasteiger partial charge < -0.3 is 15.2 Å². The molecule has 2 rings (SSSR count). The number of benzene rings is 1. The molecule has 0 bridgehead atoms. The second kappa shape index (κ2) is 7.79. The Kier molecular flexibility index (Phi) is 6.02. The maximum Gasteiger partial charge on any atom is 0.225 e. The molecule has 1 aromatic rings. The predicted octanol–water partition coefficient (Wildman–Crippen LogP) is 2.57. The van der Waals surface area contributed by atoms with Crippen molar-refractivity contribution in [2.45, 2.75) is 45.1 Å². The number of nitrogens with zero attached hydrogens (tertiary/aromatic N) is 1. The topological polar surface area (TPSA) is 61.8 Å². The van der Waals surface area contributed by atoms with Crippen LogP contribution in [0.15, 0.2) is 18.2 Å². The summed E-state index contributed by atoms with van der Waals surface area (Å²) in [6, 6.07) is 5.61. The second-order valence-electron chi connectivity index (χ2n) is 6.44. The van der Waals surface area contributed by atoms with Crippen LogP contribution in [0.4, 0.5) is 5.69 Å². The van der Waals surface area contributed by atoms with E-state index in [-0.39, 0.29) is 5.91 Å². The number of β-amino-alcohol motifs (C(OH)–C–C–N with tert-alkyl or cyclic N) is 1. The van der Waals surface area contributed by atoms with E-state index in [2.05, 4.69) is 10.2 Å². The quantitative estimate of drug-likeness (QED) is 0.846. The summed E-state index contributed by atoms with van der Waals surface area (Å²) in [5.41, 5.74) is 1.22. The molecule has 0 saturated carbocycles. The Labute approximate surface area is 138 Å². The minimum absolute atomic E-state index is 0.00359. The number of nitrogens with one attached hydrogen (secondary N) is 1. The fourth-order valence-corrected chi connectivity index (χ4v) is 3.06. The number of carbonyl (C=O) groups excluding carboxylic acids is 1. The normalized spacial score (nSPS) is 21.9. The number of methoxy groups -OCH3 is 1. The van der Waals surface area contributed by atoms with Crippen molar-refractivity contribution in [3.8, 4) is 5.75 Å². The van der Waals surface area contributed by atoms with Gasteiger partial charge in [0.25, 0.3) is 0 Å². The molecule has 23 heavy (non-hydrogen) atoms. The van der Waals surface area contributed by atoms with Crippen LogP contribution in [-0.2, 0) is 4.79 Å². The van der Waals surface area contributed by atoms with Gasteiger partial charge in [0.2, 0.25) is 5.91 Å². The fourth-order valence-electron chi connectivity index (χ4n) is 3.06. The van der Waals surface area contributed by atoms with Gasteiger partial charge in [-0.2, -0.15) is 0 Å². The number of hydrogen-bond donors (Lipinski definition) is 2. The van der Waals surface area contributed by atoms with E-state index in [1.807, 2.05) is 32.0 Å². The number of piperidine rings is 1. The Morgan fingerprint density at radius 3 is 2.91 bits per heavy atom. The highest BCUT2D eigenvalue weighted by Gasteiger charge is 2.31. The van der Waals surface area contributed by atoms with E-state index in [1.165, 1.54) is 0 Å². The summed E-state index contributed by atoms with van der Waals surface area (Å²) in [5.74, 6) is 0.788. The van der Waals surface area contributed by atoms with Crippen LogP contribution < -0.4 is 10.1 Å². The van der Waals surface area contributed by atoms with E-state index >= 15 is 0 Å². The first-order valence-electron chi connectivity index (χ1n) is 8.35. The maximum atomic E-state index is 12.2.